The summed E-state index contributed by atoms with van der Waals surface area (Å²) in [4.78, 5) is 11.5. The minimum Gasteiger partial charge on any atom is -0.300 e. The molecule has 0 N–H and O–H groups in total. The monoisotopic (exact) mass is 214 g/mol. The van der Waals surface area contributed by atoms with Crippen LogP contribution in [0.3, 0.4) is 0 Å². The first-order chi connectivity index (χ1) is 7.84. The summed E-state index contributed by atoms with van der Waals surface area (Å²) >= 11 is 0. The summed E-state index contributed by atoms with van der Waals surface area (Å²) < 4.78 is 0. The topological polar surface area (TPSA) is 17.1 Å². The Balaban J connectivity index is 1.94. The molecule has 1 aromatic rings. The van der Waals surface area contributed by atoms with Gasteiger partial charge in [-0.1, -0.05) is 18.2 Å². The van der Waals surface area contributed by atoms with E-state index in [1.165, 1.54) is 36.8 Å². The van der Waals surface area contributed by atoms with Gasteiger partial charge in [-0.15, -0.1) is 0 Å². The average molecular weight is 214 g/mol. The van der Waals surface area contributed by atoms with Gasteiger partial charge in [-0.2, -0.15) is 0 Å². The van der Waals surface area contributed by atoms with E-state index < -0.39 is 0 Å². The molecule has 16 heavy (non-hydrogen) atoms. The fourth-order valence-electron chi connectivity index (χ4n) is 3.32. The minimum atomic E-state index is 0.465. The molecular weight excluding hydrogens is 196 g/mol. The third kappa shape index (κ3) is 1.68. The van der Waals surface area contributed by atoms with E-state index in [0.29, 0.717) is 11.7 Å². The lowest BCUT2D eigenvalue weighted by atomic mass is 9.81. The van der Waals surface area contributed by atoms with Crippen molar-refractivity contribution in [2.24, 2.45) is 0 Å². The molecular formula is C15H18O. The van der Waals surface area contributed by atoms with Crippen molar-refractivity contribution in [1.82, 2.24) is 0 Å². The highest BCUT2D eigenvalue weighted by Gasteiger charge is 2.25. The number of rotatable bonds is 1. The zero-order valence-corrected chi connectivity index (χ0v) is 9.67. The molecule has 1 saturated carbocycles. The molecule has 1 fully saturated rings. The standard InChI is InChI=1S/C15H18O/c16-13-7-1-6-12(10-13)15-9-3-5-11-4-2-8-14(11)15/h3,5,9,12H,1-2,4,6-8,10H2. The van der Waals surface area contributed by atoms with Crippen LogP contribution in [-0.2, 0) is 17.6 Å². The second-order valence-electron chi connectivity index (χ2n) is 5.17. The predicted molar refractivity (Wildman–Crippen MR) is 64.7 cm³/mol. The molecule has 0 amide bonds. The Morgan fingerprint density at radius 3 is 2.88 bits per heavy atom. The fraction of sp³-hybridized carbons (Fsp3) is 0.533. The van der Waals surface area contributed by atoms with Crippen molar-refractivity contribution in [3.63, 3.8) is 0 Å². The largest absolute Gasteiger partial charge is 0.300 e. The first-order valence-corrected chi connectivity index (χ1v) is 6.47. The number of aryl methyl sites for hydroxylation is 1. The third-order valence-electron chi connectivity index (χ3n) is 4.10. The van der Waals surface area contributed by atoms with E-state index in [1.54, 1.807) is 5.56 Å². The highest BCUT2D eigenvalue weighted by molar-refractivity contribution is 5.80. The van der Waals surface area contributed by atoms with Gasteiger partial charge >= 0.3 is 0 Å². The van der Waals surface area contributed by atoms with Crippen LogP contribution in [0.15, 0.2) is 18.2 Å². The van der Waals surface area contributed by atoms with Gasteiger partial charge in [-0.25, -0.2) is 0 Å². The molecule has 0 spiro atoms. The third-order valence-corrected chi connectivity index (χ3v) is 4.10. The van der Waals surface area contributed by atoms with E-state index in [2.05, 4.69) is 18.2 Å². The zero-order valence-electron chi connectivity index (χ0n) is 9.67. The zero-order chi connectivity index (χ0) is 11.0. The van der Waals surface area contributed by atoms with Gasteiger partial charge in [0.1, 0.15) is 5.78 Å². The Morgan fingerprint density at radius 1 is 1.06 bits per heavy atom. The Kier molecular flexibility index (Phi) is 2.55. The van der Waals surface area contributed by atoms with Crippen molar-refractivity contribution in [2.75, 3.05) is 0 Å². The lowest BCUT2D eigenvalue weighted by Gasteiger charge is -2.23. The lowest BCUT2D eigenvalue weighted by molar-refractivity contribution is -0.120. The number of benzene rings is 1. The van der Waals surface area contributed by atoms with Crippen molar-refractivity contribution >= 4 is 5.78 Å². The van der Waals surface area contributed by atoms with Crippen LogP contribution < -0.4 is 0 Å². The predicted octanol–water partition coefficient (Wildman–Crippen LogP) is 3.40. The Bertz CT molecular complexity index is 419. The molecule has 2 aliphatic rings. The Morgan fingerprint density at radius 2 is 2.00 bits per heavy atom. The van der Waals surface area contributed by atoms with Crippen molar-refractivity contribution in [2.45, 2.75) is 50.9 Å². The van der Waals surface area contributed by atoms with Gasteiger partial charge in [0, 0.05) is 12.8 Å². The van der Waals surface area contributed by atoms with Gasteiger partial charge in [-0.3, -0.25) is 4.79 Å². The summed E-state index contributed by atoms with van der Waals surface area (Å²) in [6.45, 7) is 0. The second-order valence-corrected chi connectivity index (χ2v) is 5.17. The summed E-state index contributed by atoms with van der Waals surface area (Å²) in [7, 11) is 0. The molecule has 1 unspecified atom stereocenters. The number of hydrogen-bond acceptors (Lipinski definition) is 1. The summed E-state index contributed by atoms with van der Waals surface area (Å²) in [6, 6.07) is 6.70. The maximum absolute atomic E-state index is 11.5. The summed E-state index contributed by atoms with van der Waals surface area (Å²) in [5.74, 6) is 0.987. The molecule has 1 nitrogen and oxygen atoms in total. The fourth-order valence-corrected chi connectivity index (χ4v) is 3.32. The summed E-state index contributed by atoms with van der Waals surface area (Å²) in [5, 5.41) is 0. The van der Waals surface area contributed by atoms with E-state index >= 15 is 0 Å². The minimum absolute atomic E-state index is 0.465. The molecule has 2 aliphatic carbocycles. The lowest BCUT2D eigenvalue weighted by Crippen LogP contribution is -2.14. The number of Topliss-reactive ketones (excluding diaryl/α,β-unsaturated/α-hetero) is 1. The molecule has 1 aromatic carbocycles. The summed E-state index contributed by atoms with van der Waals surface area (Å²) in [5.41, 5.74) is 4.60. The molecule has 84 valence electrons. The van der Waals surface area contributed by atoms with Crippen LogP contribution in [0.25, 0.3) is 0 Å². The van der Waals surface area contributed by atoms with Crippen LogP contribution in [0.4, 0.5) is 0 Å². The maximum Gasteiger partial charge on any atom is 0.133 e. The SMILES string of the molecule is O=C1CCCC(c2cccc3c2CCC3)C1. The van der Waals surface area contributed by atoms with E-state index in [0.717, 1.165) is 19.3 Å². The van der Waals surface area contributed by atoms with E-state index in [4.69, 9.17) is 0 Å². The maximum atomic E-state index is 11.5. The van der Waals surface area contributed by atoms with Crippen LogP contribution in [-0.4, -0.2) is 5.78 Å². The number of fused-ring (bicyclic) bond motifs is 1. The molecule has 0 heterocycles. The molecule has 0 aromatic heterocycles. The Hall–Kier alpha value is -1.11. The van der Waals surface area contributed by atoms with Crippen LogP contribution in [0.1, 0.15) is 54.7 Å². The molecule has 0 bridgehead atoms. The van der Waals surface area contributed by atoms with Crippen LogP contribution in [0.2, 0.25) is 0 Å². The van der Waals surface area contributed by atoms with E-state index in [9.17, 15) is 4.79 Å². The van der Waals surface area contributed by atoms with Gasteiger partial charge in [0.15, 0.2) is 0 Å². The number of ketones is 1. The van der Waals surface area contributed by atoms with Crippen molar-refractivity contribution < 1.29 is 4.79 Å². The van der Waals surface area contributed by atoms with Gasteiger partial charge in [0.05, 0.1) is 0 Å². The van der Waals surface area contributed by atoms with E-state index in [-0.39, 0.29) is 0 Å². The number of hydrogen-bond donors (Lipinski definition) is 0. The molecule has 0 aliphatic heterocycles. The van der Waals surface area contributed by atoms with Crippen molar-refractivity contribution in [3.8, 4) is 0 Å². The van der Waals surface area contributed by atoms with Crippen molar-refractivity contribution in [1.29, 1.82) is 0 Å². The van der Waals surface area contributed by atoms with Crippen LogP contribution in [0, 0.1) is 0 Å². The highest BCUT2D eigenvalue weighted by atomic mass is 16.1. The molecule has 3 rings (SSSR count). The smallest absolute Gasteiger partial charge is 0.133 e. The Labute approximate surface area is 96.9 Å². The molecule has 1 heteroatoms. The van der Waals surface area contributed by atoms with E-state index in [1.807, 2.05) is 0 Å². The molecule has 1 atom stereocenters. The van der Waals surface area contributed by atoms with Gasteiger partial charge in [0.2, 0.25) is 0 Å². The van der Waals surface area contributed by atoms with Gasteiger partial charge in [-0.05, 0) is 54.7 Å². The molecule has 0 radical (unpaired) electrons. The molecule has 0 saturated heterocycles. The van der Waals surface area contributed by atoms with Crippen LogP contribution >= 0.6 is 0 Å². The summed E-state index contributed by atoms with van der Waals surface area (Å²) in [6.07, 6.45) is 7.67. The average Bonchev–Trinajstić information content (AvgIpc) is 2.76. The quantitative estimate of drug-likeness (QED) is 0.700. The normalized spacial score (nSPS) is 24.5. The van der Waals surface area contributed by atoms with Crippen LogP contribution in [0.5, 0.6) is 0 Å². The van der Waals surface area contributed by atoms with Crippen molar-refractivity contribution in [3.05, 3.63) is 34.9 Å². The number of carbonyl (C=O) groups excluding carboxylic acids is 1. The van der Waals surface area contributed by atoms with Gasteiger partial charge < -0.3 is 0 Å². The first kappa shape index (κ1) is 10.1. The number of carbonyl (C=O) groups is 1. The van der Waals surface area contributed by atoms with Gasteiger partial charge in [0.25, 0.3) is 0 Å². The highest BCUT2D eigenvalue weighted by Crippen LogP contribution is 2.36. The second kappa shape index (κ2) is 4.04. The first-order valence-electron chi connectivity index (χ1n) is 6.47.